The molecule has 0 rings (SSSR count). The molecule has 0 N–H and O–H groups in total. The Bertz CT molecular complexity index is 725. The Labute approximate surface area is 193 Å². The number of ether oxygens (including phenoxy) is 3. The summed E-state index contributed by atoms with van der Waals surface area (Å²) in [5, 5.41) is 0. The monoisotopic (exact) mass is 448 g/mol. The maximum absolute atomic E-state index is 11.2. The molecule has 0 atom stereocenters. The molecule has 0 fully saturated rings. The van der Waals surface area contributed by atoms with Gasteiger partial charge in [0.1, 0.15) is 19.8 Å². The average molecular weight is 449 g/mol. The fourth-order valence-corrected chi connectivity index (χ4v) is 2.76. The van der Waals surface area contributed by atoms with E-state index < -0.39 is 0 Å². The van der Waals surface area contributed by atoms with Crippen LogP contribution in [0.4, 0.5) is 0 Å². The van der Waals surface area contributed by atoms with Crippen molar-refractivity contribution >= 4 is 17.9 Å². The summed E-state index contributed by atoms with van der Waals surface area (Å²) < 4.78 is 15.1. The summed E-state index contributed by atoms with van der Waals surface area (Å²) in [5.74, 6) is -0.829. The third-order valence-corrected chi connectivity index (χ3v) is 4.64. The van der Waals surface area contributed by atoms with Crippen molar-refractivity contribution in [3.8, 4) is 0 Å². The number of esters is 3. The van der Waals surface area contributed by atoms with Crippen molar-refractivity contribution in [2.24, 2.45) is 0 Å². The fourth-order valence-electron chi connectivity index (χ4n) is 2.76. The summed E-state index contributed by atoms with van der Waals surface area (Å²) in [6, 6.07) is 0. The third kappa shape index (κ3) is 19.3. The molecule has 0 aromatic heterocycles. The zero-order valence-electron chi connectivity index (χ0n) is 20.6. The number of carbonyl (C=O) groups excluding carboxylic acids is 3. The number of hydrogen-bond acceptors (Lipinski definition) is 6. The van der Waals surface area contributed by atoms with Crippen LogP contribution < -0.4 is 0 Å². The molecule has 32 heavy (non-hydrogen) atoms. The molecule has 0 radical (unpaired) electrons. The second kappa shape index (κ2) is 18.0. The Morgan fingerprint density at radius 3 is 1.59 bits per heavy atom. The Kier molecular flexibility index (Phi) is 16.5. The maximum atomic E-state index is 11.2. The highest BCUT2D eigenvalue weighted by Crippen LogP contribution is 2.15. The van der Waals surface area contributed by atoms with Gasteiger partial charge in [-0.1, -0.05) is 29.4 Å². The molecular weight excluding hydrogens is 408 g/mol. The molecule has 0 aliphatic heterocycles. The van der Waals surface area contributed by atoms with E-state index in [1.54, 1.807) is 0 Å². The molecule has 0 spiro atoms. The quantitative estimate of drug-likeness (QED) is 0.179. The molecule has 6 heteroatoms. The van der Waals surface area contributed by atoms with E-state index in [2.05, 4.69) is 25.2 Å². The van der Waals surface area contributed by atoms with Crippen molar-refractivity contribution in [2.75, 3.05) is 19.8 Å². The van der Waals surface area contributed by atoms with Gasteiger partial charge in [0.05, 0.1) is 0 Å². The molecule has 180 valence electrons. The Morgan fingerprint density at radius 2 is 1.00 bits per heavy atom. The summed E-state index contributed by atoms with van der Waals surface area (Å²) in [6.45, 7) is 11.3. The van der Waals surface area contributed by atoms with Crippen molar-refractivity contribution in [2.45, 2.75) is 80.1 Å². The van der Waals surface area contributed by atoms with Crippen LogP contribution in [0.2, 0.25) is 0 Å². The second-order valence-corrected chi connectivity index (χ2v) is 7.99. The van der Waals surface area contributed by atoms with E-state index in [4.69, 9.17) is 14.2 Å². The van der Waals surface area contributed by atoms with Crippen molar-refractivity contribution in [3.63, 3.8) is 0 Å². The number of allylic oxidation sites excluding steroid dienone is 5. The molecular formula is C26H40O6. The molecule has 0 unspecified atom stereocenters. The van der Waals surface area contributed by atoms with Crippen LogP contribution in [0, 0.1) is 0 Å². The molecule has 0 heterocycles. The van der Waals surface area contributed by atoms with Crippen LogP contribution in [0.25, 0.3) is 0 Å². The highest BCUT2D eigenvalue weighted by atomic mass is 16.5. The molecule has 0 saturated heterocycles. The normalized spacial score (nSPS) is 13.1. The van der Waals surface area contributed by atoms with Gasteiger partial charge in [-0.05, 0) is 76.5 Å². The van der Waals surface area contributed by atoms with E-state index in [-0.39, 0.29) is 17.9 Å². The lowest BCUT2D eigenvalue weighted by molar-refractivity contribution is -0.140. The van der Waals surface area contributed by atoms with Crippen LogP contribution in [0.5, 0.6) is 0 Å². The smallest absolute Gasteiger partial charge is 0.302 e. The van der Waals surface area contributed by atoms with E-state index in [1.165, 1.54) is 26.3 Å². The zero-order valence-corrected chi connectivity index (χ0v) is 20.6. The number of hydrogen-bond donors (Lipinski definition) is 0. The summed E-state index contributed by atoms with van der Waals surface area (Å²) >= 11 is 0. The van der Waals surface area contributed by atoms with Crippen molar-refractivity contribution in [1.82, 2.24) is 0 Å². The summed E-state index contributed by atoms with van der Waals surface area (Å²) in [6.07, 6.45) is 13.7. The Balaban J connectivity index is 4.57. The molecule has 0 aliphatic rings. The minimum atomic E-state index is -0.283. The minimum absolute atomic E-state index is 0.264. The molecule has 0 saturated carbocycles. The van der Waals surface area contributed by atoms with Gasteiger partial charge in [0.15, 0.2) is 0 Å². The van der Waals surface area contributed by atoms with Gasteiger partial charge >= 0.3 is 17.9 Å². The van der Waals surface area contributed by atoms with E-state index in [1.807, 2.05) is 19.9 Å². The summed E-state index contributed by atoms with van der Waals surface area (Å²) in [7, 11) is 0. The first-order valence-corrected chi connectivity index (χ1v) is 11.1. The first kappa shape index (κ1) is 29.4. The largest absolute Gasteiger partial charge is 0.462 e. The van der Waals surface area contributed by atoms with Gasteiger partial charge in [-0.3, -0.25) is 14.4 Å². The van der Waals surface area contributed by atoms with Gasteiger partial charge in [-0.25, -0.2) is 0 Å². The SMILES string of the molecule is CC(=O)OCC=C(C)CCC=C(CCC=C(C)CCC=C(C)COC(C)=O)COC(C)=O. The lowest BCUT2D eigenvalue weighted by Gasteiger charge is -2.08. The molecule has 0 bridgehead atoms. The number of rotatable bonds is 15. The highest BCUT2D eigenvalue weighted by Gasteiger charge is 2.02. The molecule has 0 amide bonds. The lowest BCUT2D eigenvalue weighted by Crippen LogP contribution is -2.03. The van der Waals surface area contributed by atoms with Gasteiger partial charge < -0.3 is 14.2 Å². The van der Waals surface area contributed by atoms with Crippen LogP contribution in [-0.2, 0) is 28.6 Å². The number of carbonyl (C=O) groups is 3. The molecule has 0 aliphatic carbocycles. The summed E-state index contributed by atoms with van der Waals surface area (Å²) in [4.78, 5) is 32.9. The maximum Gasteiger partial charge on any atom is 0.302 e. The van der Waals surface area contributed by atoms with E-state index in [0.717, 1.165) is 55.2 Å². The van der Waals surface area contributed by atoms with Gasteiger partial charge in [0.2, 0.25) is 0 Å². The van der Waals surface area contributed by atoms with Crippen molar-refractivity contribution in [1.29, 1.82) is 0 Å². The Hall–Kier alpha value is -2.63. The lowest BCUT2D eigenvalue weighted by atomic mass is 10.0. The summed E-state index contributed by atoms with van der Waals surface area (Å²) in [5.41, 5.74) is 4.62. The van der Waals surface area contributed by atoms with Gasteiger partial charge in [0.25, 0.3) is 0 Å². The molecule has 0 aromatic rings. The minimum Gasteiger partial charge on any atom is -0.462 e. The molecule has 6 nitrogen and oxygen atoms in total. The first-order valence-electron chi connectivity index (χ1n) is 11.1. The zero-order chi connectivity index (χ0) is 24.4. The molecule has 0 aromatic carbocycles. The van der Waals surface area contributed by atoms with E-state index >= 15 is 0 Å². The van der Waals surface area contributed by atoms with Crippen molar-refractivity contribution < 1.29 is 28.6 Å². The van der Waals surface area contributed by atoms with Gasteiger partial charge in [0, 0.05) is 20.8 Å². The van der Waals surface area contributed by atoms with Crippen LogP contribution in [0.15, 0.2) is 46.6 Å². The first-order chi connectivity index (χ1) is 15.1. The fraction of sp³-hybridized carbons (Fsp3) is 0.577. The Morgan fingerprint density at radius 1 is 0.531 bits per heavy atom. The van der Waals surface area contributed by atoms with Crippen LogP contribution in [0.3, 0.4) is 0 Å². The van der Waals surface area contributed by atoms with Crippen LogP contribution >= 0.6 is 0 Å². The van der Waals surface area contributed by atoms with Crippen LogP contribution in [-0.4, -0.2) is 37.7 Å². The van der Waals surface area contributed by atoms with E-state index in [9.17, 15) is 14.4 Å². The van der Waals surface area contributed by atoms with E-state index in [0.29, 0.717) is 19.8 Å². The highest BCUT2D eigenvalue weighted by molar-refractivity contribution is 5.66. The topological polar surface area (TPSA) is 78.9 Å². The van der Waals surface area contributed by atoms with Gasteiger partial charge in [-0.15, -0.1) is 0 Å². The standard InChI is InChI=1S/C26H40O6/c1-20(10-7-13-22(3)18-31-24(5)28)11-8-14-26(19-32-25(6)29)15-9-12-21(2)16-17-30-23(4)27/h11,13,15-16H,7-10,12,14,17-19H2,1-6H3. The van der Waals surface area contributed by atoms with Gasteiger partial charge in [-0.2, -0.15) is 0 Å². The van der Waals surface area contributed by atoms with Crippen LogP contribution in [0.1, 0.15) is 80.1 Å². The average Bonchev–Trinajstić information content (AvgIpc) is 2.69. The second-order valence-electron chi connectivity index (χ2n) is 7.99. The predicted molar refractivity (Wildman–Crippen MR) is 127 cm³/mol. The van der Waals surface area contributed by atoms with Crippen molar-refractivity contribution in [3.05, 3.63) is 46.6 Å². The third-order valence-electron chi connectivity index (χ3n) is 4.64. The predicted octanol–water partition coefficient (Wildman–Crippen LogP) is 5.78.